The average molecular weight is 422 g/mol. The molecule has 0 aliphatic carbocycles. The molecule has 3 rings (SSSR count). The fourth-order valence-electron chi connectivity index (χ4n) is 2.35. The molecule has 0 aliphatic heterocycles. The number of aryl methyl sites for hydroxylation is 1. The molecule has 0 radical (unpaired) electrons. The Balaban J connectivity index is 1.87. The molecule has 0 fully saturated rings. The van der Waals surface area contributed by atoms with Crippen LogP contribution in [0.4, 0.5) is 10.8 Å². The third-order valence-electron chi connectivity index (χ3n) is 3.76. The van der Waals surface area contributed by atoms with Crippen molar-refractivity contribution in [3.63, 3.8) is 0 Å². The van der Waals surface area contributed by atoms with Gasteiger partial charge in [0.1, 0.15) is 11.6 Å². The summed E-state index contributed by atoms with van der Waals surface area (Å²) in [6.45, 7) is 1.97. The molecule has 0 spiro atoms. The van der Waals surface area contributed by atoms with Crippen LogP contribution in [0.15, 0.2) is 69.4 Å². The second kappa shape index (κ2) is 9.14. The maximum atomic E-state index is 12.2. The number of anilines is 1. The minimum atomic E-state index is -0.622. The number of nitro benzene ring substituents is 1. The molecule has 3 aromatic rings. The molecule has 1 aromatic heterocycles. The van der Waals surface area contributed by atoms with Crippen molar-refractivity contribution >= 4 is 45.9 Å². The van der Waals surface area contributed by atoms with E-state index in [2.05, 4.69) is 10.3 Å². The van der Waals surface area contributed by atoms with E-state index < -0.39 is 10.8 Å². The highest BCUT2D eigenvalue weighted by Gasteiger charge is 2.17. The Morgan fingerprint density at radius 1 is 1.31 bits per heavy atom. The first-order valence-electron chi connectivity index (χ1n) is 8.32. The monoisotopic (exact) mass is 422 g/mol. The van der Waals surface area contributed by atoms with Gasteiger partial charge in [0.25, 0.3) is 11.6 Å². The first-order chi connectivity index (χ1) is 14.0. The fraction of sp³-hybridized carbons (Fsp3) is 0.0500. The van der Waals surface area contributed by atoms with Crippen LogP contribution in [0.5, 0.6) is 0 Å². The van der Waals surface area contributed by atoms with Crippen LogP contribution in [0.3, 0.4) is 0 Å². The van der Waals surface area contributed by atoms with Gasteiger partial charge in [-0.2, -0.15) is 5.26 Å². The van der Waals surface area contributed by atoms with Crippen molar-refractivity contribution < 1.29 is 9.72 Å². The second-order valence-electron chi connectivity index (χ2n) is 5.86. The third-order valence-corrected chi connectivity index (χ3v) is 5.52. The number of nitrogens with zero attached hydrogens (tertiary/aromatic N) is 3. The van der Waals surface area contributed by atoms with Gasteiger partial charge in [0.2, 0.25) is 0 Å². The number of carbonyl (C=O) groups excluding carboxylic acids is 1. The molecule has 1 amide bonds. The number of thiazole rings is 1. The van der Waals surface area contributed by atoms with Gasteiger partial charge in [-0.25, -0.2) is 4.98 Å². The molecule has 1 heterocycles. The molecule has 1 N–H and O–H groups in total. The molecule has 0 aliphatic rings. The standard InChI is InChI=1S/C20H14N4O3S2/c1-13-2-5-16(6-3-13)29-18-7-4-14(11-17(18)24(26)27)10-15(12-21)19(25)23-20-22-8-9-28-20/h2-11H,1H3,(H,22,23,25)/b15-10+. The van der Waals surface area contributed by atoms with Gasteiger partial charge in [-0.3, -0.25) is 20.2 Å². The zero-order valence-corrected chi connectivity index (χ0v) is 16.8. The molecular formula is C20H14N4O3S2. The molecule has 0 bridgehead atoms. The number of rotatable bonds is 6. The molecule has 0 atom stereocenters. The van der Waals surface area contributed by atoms with E-state index in [1.165, 1.54) is 41.4 Å². The molecular weight excluding hydrogens is 408 g/mol. The quantitative estimate of drug-likeness (QED) is 0.257. The van der Waals surface area contributed by atoms with Crippen LogP contribution in [-0.4, -0.2) is 15.8 Å². The summed E-state index contributed by atoms with van der Waals surface area (Å²) in [4.78, 5) is 28.6. The lowest BCUT2D eigenvalue weighted by Crippen LogP contribution is -2.13. The van der Waals surface area contributed by atoms with Crippen LogP contribution in [0.25, 0.3) is 6.08 Å². The van der Waals surface area contributed by atoms with Gasteiger partial charge < -0.3 is 0 Å². The summed E-state index contributed by atoms with van der Waals surface area (Å²) >= 11 is 2.50. The van der Waals surface area contributed by atoms with Crippen molar-refractivity contribution in [1.82, 2.24) is 4.98 Å². The number of nitro groups is 1. The highest BCUT2D eigenvalue weighted by Crippen LogP contribution is 2.35. The van der Waals surface area contributed by atoms with Crippen molar-refractivity contribution in [3.05, 3.63) is 80.9 Å². The SMILES string of the molecule is Cc1ccc(Sc2ccc(/C=C(\C#N)C(=O)Nc3nccs3)cc2[N+](=O)[O-])cc1. The lowest BCUT2D eigenvalue weighted by molar-refractivity contribution is -0.387. The first-order valence-corrected chi connectivity index (χ1v) is 10.0. The lowest BCUT2D eigenvalue weighted by atomic mass is 10.1. The van der Waals surface area contributed by atoms with Gasteiger partial charge in [-0.15, -0.1) is 11.3 Å². The predicted octanol–water partition coefficient (Wildman–Crippen LogP) is 5.06. The summed E-state index contributed by atoms with van der Waals surface area (Å²) < 4.78 is 0. The second-order valence-corrected chi connectivity index (χ2v) is 7.87. The highest BCUT2D eigenvalue weighted by atomic mass is 32.2. The molecule has 144 valence electrons. The molecule has 0 saturated heterocycles. The number of nitriles is 1. The van der Waals surface area contributed by atoms with E-state index in [1.807, 2.05) is 37.3 Å². The largest absolute Gasteiger partial charge is 0.297 e. The number of hydrogen-bond acceptors (Lipinski definition) is 7. The Labute approximate surface area is 174 Å². The summed E-state index contributed by atoms with van der Waals surface area (Å²) in [6, 6.07) is 14.1. The van der Waals surface area contributed by atoms with E-state index >= 15 is 0 Å². The van der Waals surface area contributed by atoms with Gasteiger partial charge in [-0.05, 0) is 36.8 Å². The van der Waals surface area contributed by atoms with E-state index in [0.717, 1.165) is 10.5 Å². The molecule has 2 aromatic carbocycles. The summed E-state index contributed by atoms with van der Waals surface area (Å²) in [5.41, 5.74) is 1.22. The maximum Gasteiger partial charge on any atom is 0.283 e. The molecule has 29 heavy (non-hydrogen) atoms. The Morgan fingerprint density at radius 2 is 2.07 bits per heavy atom. The number of hydrogen-bond donors (Lipinski definition) is 1. The van der Waals surface area contributed by atoms with Crippen molar-refractivity contribution in [1.29, 1.82) is 5.26 Å². The van der Waals surface area contributed by atoms with Crippen molar-refractivity contribution in [2.75, 3.05) is 5.32 Å². The summed E-state index contributed by atoms with van der Waals surface area (Å²) in [5, 5.41) is 25.4. The lowest BCUT2D eigenvalue weighted by Gasteiger charge is -2.05. The Bertz CT molecular complexity index is 1120. The number of aromatic nitrogens is 1. The zero-order chi connectivity index (χ0) is 20.8. The van der Waals surface area contributed by atoms with Crippen LogP contribution < -0.4 is 5.32 Å². The number of benzene rings is 2. The normalized spacial score (nSPS) is 11.0. The third kappa shape index (κ3) is 5.28. The first kappa shape index (κ1) is 20.3. The number of nitrogens with one attached hydrogen (secondary N) is 1. The minimum Gasteiger partial charge on any atom is -0.297 e. The van der Waals surface area contributed by atoms with Crippen LogP contribution in [-0.2, 0) is 4.79 Å². The van der Waals surface area contributed by atoms with E-state index in [1.54, 1.807) is 17.5 Å². The Kier molecular flexibility index (Phi) is 6.39. The van der Waals surface area contributed by atoms with Gasteiger partial charge >= 0.3 is 0 Å². The topological polar surface area (TPSA) is 109 Å². The van der Waals surface area contributed by atoms with Gasteiger partial charge in [0, 0.05) is 22.5 Å². The van der Waals surface area contributed by atoms with Gasteiger partial charge in [0.15, 0.2) is 5.13 Å². The summed E-state index contributed by atoms with van der Waals surface area (Å²) in [7, 11) is 0. The highest BCUT2D eigenvalue weighted by molar-refractivity contribution is 7.99. The van der Waals surface area contributed by atoms with E-state index in [4.69, 9.17) is 0 Å². The number of carbonyl (C=O) groups is 1. The fourth-order valence-corrected chi connectivity index (χ4v) is 3.78. The minimum absolute atomic E-state index is 0.0954. The van der Waals surface area contributed by atoms with Crippen molar-refractivity contribution in [2.24, 2.45) is 0 Å². The van der Waals surface area contributed by atoms with Crippen LogP contribution in [0.2, 0.25) is 0 Å². The van der Waals surface area contributed by atoms with E-state index in [0.29, 0.717) is 15.6 Å². The summed E-state index contributed by atoms with van der Waals surface area (Å²) in [6.07, 6.45) is 2.85. The van der Waals surface area contributed by atoms with E-state index in [9.17, 15) is 20.2 Å². The maximum absolute atomic E-state index is 12.2. The number of amides is 1. The van der Waals surface area contributed by atoms with Gasteiger partial charge in [-0.1, -0.05) is 35.5 Å². The average Bonchev–Trinajstić information content (AvgIpc) is 3.21. The van der Waals surface area contributed by atoms with Crippen molar-refractivity contribution in [2.45, 2.75) is 16.7 Å². The molecule has 9 heteroatoms. The van der Waals surface area contributed by atoms with Crippen LogP contribution >= 0.6 is 23.1 Å². The Morgan fingerprint density at radius 3 is 2.69 bits per heavy atom. The summed E-state index contributed by atoms with van der Waals surface area (Å²) in [5.74, 6) is -0.622. The predicted molar refractivity (Wildman–Crippen MR) is 113 cm³/mol. The molecule has 0 saturated carbocycles. The molecule has 0 unspecified atom stereocenters. The van der Waals surface area contributed by atoms with Crippen LogP contribution in [0.1, 0.15) is 11.1 Å². The molecule has 7 nitrogen and oxygen atoms in total. The smallest absolute Gasteiger partial charge is 0.283 e. The van der Waals surface area contributed by atoms with Crippen molar-refractivity contribution in [3.8, 4) is 6.07 Å². The van der Waals surface area contributed by atoms with E-state index in [-0.39, 0.29) is 11.3 Å². The van der Waals surface area contributed by atoms with Gasteiger partial charge in [0.05, 0.1) is 9.82 Å². The van der Waals surface area contributed by atoms with Crippen LogP contribution in [0, 0.1) is 28.4 Å². The Hall–Kier alpha value is -3.48. The zero-order valence-electron chi connectivity index (χ0n) is 15.2.